The number of halogens is 1. The summed E-state index contributed by atoms with van der Waals surface area (Å²) in [7, 11) is 0. The maximum Gasteiger partial charge on any atom is 0.352 e. The quantitative estimate of drug-likeness (QED) is 0.727. The van der Waals surface area contributed by atoms with Crippen LogP contribution in [0.15, 0.2) is 58.1 Å². The predicted molar refractivity (Wildman–Crippen MR) is 102 cm³/mol. The summed E-state index contributed by atoms with van der Waals surface area (Å²) >= 11 is 0. The molecule has 28 heavy (non-hydrogen) atoms. The van der Waals surface area contributed by atoms with Crippen molar-refractivity contribution in [1.29, 1.82) is 0 Å². The van der Waals surface area contributed by atoms with Crippen LogP contribution in [0.4, 0.5) is 4.39 Å². The highest BCUT2D eigenvalue weighted by atomic mass is 19.1. The van der Waals surface area contributed by atoms with Gasteiger partial charge in [0.15, 0.2) is 0 Å². The van der Waals surface area contributed by atoms with Crippen molar-refractivity contribution in [2.75, 3.05) is 6.54 Å². The number of aromatic nitrogens is 3. The van der Waals surface area contributed by atoms with Crippen molar-refractivity contribution in [3.63, 3.8) is 0 Å². The van der Waals surface area contributed by atoms with E-state index >= 15 is 0 Å². The Morgan fingerprint density at radius 1 is 1.11 bits per heavy atom. The summed E-state index contributed by atoms with van der Waals surface area (Å²) in [4.78, 5) is 38.0. The summed E-state index contributed by atoms with van der Waals surface area (Å²) in [5, 5.41) is 6.49. The number of nitrogens with zero attached hydrogens (tertiary/aromatic N) is 3. The molecule has 2 aromatic carbocycles. The van der Waals surface area contributed by atoms with Crippen LogP contribution in [0.5, 0.6) is 0 Å². The van der Waals surface area contributed by atoms with Crippen molar-refractivity contribution in [3.8, 4) is 5.69 Å². The zero-order chi connectivity index (χ0) is 20.3. The Bertz CT molecular complexity index is 1130. The molecule has 144 valence electrons. The second kappa shape index (κ2) is 7.99. The van der Waals surface area contributed by atoms with Gasteiger partial charge in [-0.15, -0.1) is 0 Å². The van der Waals surface area contributed by atoms with Gasteiger partial charge in [-0.25, -0.2) is 9.18 Å². The first-order valence-electron chi connectivity index (χ1n) is 8.75. The molecule has 1 N–H and O–H groups in total. The zero-order valence-electron chi connectivity index (χ0n) is 15.5. The molecule has 0 saturated carbocycles. The first-order valence-corrected chi connectivity index (χ1v) is 8.75. The van der Waals surface area contributed by atoms with Gasteiger partial charge in [-0.3, -0.25) is 14.2 Å². The fourth-order valence-corrected chi connectivity index (χ4v) is 2.69. The van der Waals surface area contributed by atoms with E-state index in [2.05, 4.69) is 10.4 Å². The van der Waals surface area contributed by atoms with Gasteiger partial charge in [-0.2, -0.15) is 9.78 Å². The maximum atomic E-state index is 14.1. The Hall–Kier alpha value is -3.55. The van der Waals surface area contributed by atoms with Crippen LogP contribution >= 0.6 is 0 Å². The highest BCUT2D eigenvalue weighted by Gasteiger charge is 2.20. The van der Waals surface area contributed by atoms with E-state index in [1.54, 1.807) is 37.3 Å². The molecule has 0 aliphatic rings. The van der Waals surface area contributed by atoms with E-state index in [-0.39, 0.29) is 18.7 Å². The SMILES string of the molecule is CCNC(=O)c1nn(-c2ccc(C)cc2)c(=O)n(Cc2ccccc2F)c1=O. The van der Waals surface area contributed by atoms with Gasteiger partial charge in [0.1, 0.15) is 5.82 Å². The lowest BCUT2D eigenvalue weighted by atomic mass is 10.2. The van der Waals surface area contributed by atoms with Crippen molar-refractivity contribution < 1.29 is 9.18 Å². The summed E-state index contributed by atoms with van der Waals surface area (Å²) in [5.74, 6) is -1.25. The number of benzene rings is 2. The number of carbonyl (C=O) groups is 1. The lowest BCUT2D eigenvalue weighted by molar-refractivity contribution is 0.0946. The maximum absolute atomic E-state index is 14.1. The molecule has 8 heteroatoms. The summed E-state index contributed by atoms with van der Waals surface area (Å²) in [5.41, 5.74) is -0.542. The van der Waals surface area contributed by atoms with Crippen LogP contribution in [0.1, 0.15) is 28.5 Å². The molecule has 0 unspecified atom stereocenters. The average Bonchev–Trinajstić information content (AvgIpc) is 2.68. The molecule has 3 aromatic rings. The molecule has 1 amide bonds. The number of hydrogen-bond donors (Lipinski definition) is 1. The minimum Gasteiger partial charge on any atom is -0.351 e. The highest BCUT2D eigenvalue weighted by molar-refractivity contribution is 5.91. The van der Waals surface area contributed by atoms with Crippen molar-refractivity contribution in [3.05, 3.63) is 92.0 Å². The molecule has 0 spiro atoms. The van der Waals surface area contributed by atoms with Crippen molar-refractivity contribution in [1.82, 2.24) is 19.7 Å². The number of hydrogen-bond acceptors (Lipinski definition) is 4. The summed E-state index contributed by atoms with van der Waals surface area (Å²) in [6.45, 7) is 3.56. The molecule has 3 rings (SSSR count). The van der Waals surface area contributed by atoms with Crippen LogP contribution in [0.2, 0.25) is 0 Å². The number of carbonyl (C=O) groups excluding carboxylic acids is 1. The first-order chi connectivity index (χ1) is 13.4. The fraction of sp³-hybridized carbons (Fsp3) is 0.200. The summed E-state index contributed by atoms with van der Waals surface area (Å²) in [6.07, 6.45) is 0. The van der Waals surface area contributed by atoms with Crippen LogP contribution < -0.4 is 16.6 Å². The third-order valence-electron chi connectivity index (χ3n) is 4.18. The van der Waals surface area contributed by atoms with Crippen LogP contribution in [-0.2, 0) is 6.54 Å². The van der Waals surface area contributed by atoms with E-state index in [1.807, 2.05) is 6.92 Å². The number of nitrogens with one attached hydrogen (secondary N) is 1. The molecular weight excluding hydrogens is 363 g/mol. The van der Waals surface area contributed by atoms with Gasteiger partial charge >= 0.3 is 5.69 Å². The largest absolute Gasteiger partial charge is 0.352 e. The molecule has 1 heterocycles. The standard InChI is InChI=1S/C20H19FN4O3/c1-3-22-18(26)17-19(27)24(12-14-6-4-5-7-16(14)21)20(28)25(23-17)15-10-8-13(2)9-11-15/h4-11H,3,12H2,1-2H3,(H,22,26). The van der Waals surface area contributed by atoms with Crippen LogP contribution in [0.25, 0.3) is 5.69 Å². The number of rotatable bonds is 5. The molecule has 1 aromatic heterocycles. The third kappa shape index (κ3) is 3.75. The molecule has 0 saturated heterocycles. The zero-order valence-corrected chi connectivity index (χ0v) is 15.5. The van der Waals surface area contributed by atoms with Crippen molar-refractivity contribution in [2.24, 2.45) is 0 Å². The molecule has 0 fully saturated rings. The molecule has 0 atom stereocenters. The average molecular weight is 382 g/mol. The van der Waals surface area contributed by atoms with E-state index in [0.717, 1.165) is 14.8 Å². The van der Waals surface area contributed by atoms with Gasteiger partial charge in [0.05, 0.1) is 12.2 Å². The Kier molecular flexibility index (Phi) is 5.49. The lowest BCUT2D eigenvalue weighted by Gasteiger charge is -2.12. The Morgan fingerprint density at radius 3 is 2.43 bits per heavy atom. The fourth-order valence-electron chi connectivity index (χ4n) is 2.69. The smallest absolute Gasteiger partial charge is 0.351 e. The monoisotopic (exact) mass is 382 g/mol. The molecular formula is C20H19FN4O3. The van der Waals surface area contributed by atoms with E-state index in [0.29, 0.717) is 5.69 Å². The van der Waals surface area contributed by atoms with Gasteiger partial charge in [0.25, 0.3) is 11.5 Å². The van der Waals surface area contributed by atoms with Gasteiger partial charge in [0.2, 0.25) is 5.69 Å². The predicted octanol–water partition coefficient (Wildman–Crippen LogP) is 1.64. The Labute approximate surface area is 160 Å². The normalized spacial score (nSPS) is 10.7. The van der Waals surface area contributed by atoms with Crippen LogP contribution in [0, 0.1) is 12.7 Å². The third-order valence-corrected chi connectivity index (χ3v) is 4.18. The second-order valence-electron chi connectivity index (χ2n) is 6.22. The topological polar surface area (TPSA) is 86.0 Å². The van der Waals surface area contributed by atoms with Crippen molar-refractivity contribution in [2.45, 2.75) is 20.4 Å². The van der Waals surface area contributed by atoms with Crippen LogP contribution in [0.3, 0.4) is 0 Å². The number of amides is 1. The Balaban J connectivity index is 2.23. The molecule has 0 aliphatic carbocycles. The number of aryl methyl sites for hydroxylation is 1. The van der Waals surface area contributed by atoms with Gasteiger partial charge in [-0.1, -0.05) is 35.9 Å². The first kappa shape index (κ1) is 19.2. The minimum absolute atomic E-state index is 0.158. The van der Waals surface area contributed by atoms with E-state index < -0.39 is 28.7 Å². The Morgan fingerprint density at radius 2 is 1.79 bits per heavy atom. The molecule has 7 nitrogen and oxygen atoms in total. The van der Waals surface area contributed by atoms with Gasteiger partial charge in [-0.05, 0) is 32.0 Å². The second-order valence-corrected chi connectivity index (χ2v) is 6.22. The van der Waals surface area contributed by atoms with Gasteiger partial charge in [0, 0.05) is 12.1 Å². The minimum atomic E-state index is -0.873. The van der Waals surface area contributed by atoms with Crippen molar-refractivity contribution >= 4 is 5.91 Å². The molecule has 0 radical (unpaired) electrons. The van der Waals surface area contributed by atoms with E-state index in [9.17, 15) is 18.8 Å². The molecule has 0 aliphatic heterocycles. The summed E-state index contributed by atoms with van der Waals surface area (Å²) in [6, 6.07) is 12.7. The highest BCUT2D eigenvalue weighted by Crippen LogP contribution is 2.08. The molecule has 0 bridgehead atoms. The van der Waals surface area contributed by atoms with Crippen LogP contribution in [-0.4, -0.2) is 26.8 Å². The van der Waals surface area contributed by atoms with E-state index in [4.69, 9.17) is 0 Å². The summed E-state index contributed by atoms with van der Waals surface area (Å²) < 4.78 is 15.9. The lowest BCUT2D eigenvalue weighted by Crippen LogP contribution is -2.46. The van der Waals surface area contributed by atoms with Gasteiger partial charge < -0.3 is 5.32 Å². The van der Waals surface area contributed by atoms with E-state index in [1.165, 1.54) is 18.2 Å².